The van der Waals surface area contributed by atoms with Crippen LogP contribution in [-0.4, -0.2) is 30.0 Å². The summed E-state index contributed by atoms with van der Waals surface area (Å²) in [6, 6.07) is 0. The zero-order valence-corrected chi connectivity index (χ0v) is 10.7. The molecule has 0 aromatic carbocycles. The van der Waals surface area contributed by atoms with Crippen LogP contribution >= 0.6 is 0 Å². The van der Waals surface area contributed by atoms with E-state index in [0.29, 0.717) is 0 Å². The summed E-state index contributed by atoms with van der Waals surface area (Å²) in [6.45, 7) is 2.69. The molecule has 1 heterocycles. The van der Waals surface area contributed by atoms with E-state index in [0.717, 1.165) is 31.4 Å². The quantitative estimate of drug-likeness (QED) is 0.823. The van der Waals surface area contributed by atoms with Gasteiger partial charge in [-0.2, -0.15) is 5.10 Å². The lowest BCUT2D eigenvalue weighted by molar-refractivity contribution is 0.208. The van der Waals surface area contributed by atoms with Crippen molar-refractivity contribution >= 4 is 0 Å². The lowest BCUT2D eigenvalue weighted by atomic mass is 9.90. The van der Waals surface area contributed by atoms with Crippen LogP contribution in [0.2, 0.25) is 0 Å². The maximum absolute atomic E-state index is 5.80. The minimum Gasteiger partial charge on any atom is -0.490 e. The van der Waals surface area contributed by atoms with Crippen molar-refractivity contribution in [3.8, 4) is 5.75 Å². The zero-order valence-electron chi connectivity index (χ0n) is 10.7. The van der Waals surface area contributed by atoms with Gasteiger partial charge in [0, 0.05) is 6.54 Å². The highest BCUT2D eigenvalue weighted by molar-refractivity contribution is 5.11. The predicted molar refractivity (Wildman–Crippen MR) is 68.2 cm³/mol. The van der Waals surface area contributed by atoms with Crippen LogP contribution in [0, 0.1) is 5.92 Å². The molecular formula is C13H23N3O. The summed E-state index contributed by atoms with van der Waals surface area (Å²) in [4.78, 5) is 0. The molecule has 1 aromatic rings. The van der Waals surface area contributed by atoms with Gasteiger partial charge in [0.1, 0.15) is 0 Å². The van der Waals surface area contributed by atoms with Crippen LogP contribution in [0.1, 0.15) is 32.1 Å². The summed E-state index contributed by atoms with van der Waals surface area (Å²) in [7, 11) is 1.95. The van der Waals surface area contributed by atoms with Gasteiger partial charge < -0.3 is 10.1 Å². The number of ether oxygens (including phenoxy) is 1. The van der Waals surface area contributed by atoms with E-state index in [-0.39, 0.29) is 0 Å². The van der Waals surface area contributed by atoms with E-state index in [4.69, 9.17) is 4.74 Å². The molecule has 2 rings (SSSR count). The Labute approximate surface area is 103 Å². The van der Waals surface area contributed by atoms with Gasteiger partial charge in [0.05, 0.1) is 25.5 Å². The van der Waals surface area contributed by atoms with Gasteiger partial charge in [-0.15, -0.1) is 0 Å². The first-order valence-corrected chi connectivity index (χ1v) is 6.68. The highest BCUT2D eigenvalue weighted by atomic mass is 16.5. The van der Waals surface area contributed by atoms with Crippen molar-refractivity contribution in [2.75, 3.05) is 20.2 Å². The van der Waals surface area contributed by atoms with Crippen LogP contribution in [0.3, 0.4) is 0 Å². The van der Waals surface area contributed by atoms with Crippen molar-refractivity contribution in [2.45, 2.75) is 38.6 Å². The van der Waals surface area contributed by atoms with Crippen LogP contribution in [0.5, 0.6) is 5.75 Å². The maximum Gasteiger partial charge on any atom is 0.157 e. The second-order valence-electron chi connectivity index (χ2n) is 4.86. The van der Waals surface area contributed by atoms with Gasteiger partial charge in [-0.1, -0.05) is 19.3 Å². The molecule has 0 bridgehead atoms. The first-order valence-electron chi connectivity index (χ1n) is 6.68. The summed E-state index contributed by atoms with van der Waals surface area (Å²) >= 11 is 0. The number of rotatable bonds is 6. The molecule has 0 atom stereocenters. The second-order valence-corrected chi connectivity index (χ2v) is 4.86. The first-order chi connectivity index (χ1) is 8.38. The summed E-state index contributed by atoms with van der Waals surface area (Å²) in [6.07, 6.45) is 10.6. The topological polar surface area (TPSA) is 39.1 Å². The summed E-state index contributed by atoms with van der Waals surface area (Å²) < 4.78 is 7.73. The summed E-state index contributed by atoms with van der Waals surface area (Å²) in [5.41, 5.74) is 0. The summed E-state index contributed by atoms with van der Waals surface area (Å²) in [5, 5.41) is 7.38. The molecule has 0 spiro atoms. The average Bonchev–Trinajstić information content (AvgIpc) is 2.83. The number of hydrogen-bond acceptors (Lipinski definition) is 3. The number of nitrogens with one attached hydrogen (secondary N) is 1. The van der Waals surface area contributed by atoms with E-state index < -0.39 is 0 Å². The Morgan fingerprint density at radius 3 is 3.00 bits per heavy atom. The Kier molecular flexibility index (Phi) is 4.86. The highest BCUT2D eigenvalue weighted by Gasteiger charge is 2.14. The molecular weight excluding hydrogens is 214 g/mol. The third kappa shape index (κ3) is 4.04. The van der Waals surface area contributed by atoms with E-state index in [1.165, 1.54) is 32.1 Å². The van der Waals surface area contributed by atoms with E-state index >= 15 is 0 Å². The van der Waals surface area contributed by atoms with Crippen LogP contribution in [0.4, 0.5) is 0 Å². The van der Waals surface area contributed by atoms with E-state index in [2.05, 4.69) is 10.4 Å². The van der Waals surface area contributed by atoms with Gasteiger partial charge in [0.2, 0.25) is 0 Å². The number of aromatic nitrogens is 2. The Balaban J connectivity index is 1.72. The molecule has 0 aliphatic heterocycles. The van der Waals surface area contributed by atoms with Crippen molar-refractivity contribution < 1.29 is 4.74 Å². The predicted octanol–water partition coefficient (Wildman–Crippen LogP) is 2.06. The Bertz CT molecular complexity index is 318. The van der Waals surface area contributed by atoms with Crippen molar-refractivity contribution in [3.05, 3.63) is 12.4 Å². The smallest absolute Gasteiger partial charge is 0.157 e. The fourth-order valence-corrected chi connectivity index (χ4v) is 2.34. The minimum atomic E-state index is 0.754. The molecule has 1 fully saturated rings. The van der Waals surface area contributed by atoms with Crippen molar-refractivity contribution in [1.82, 2.24) is 15.1 Å². The Morgan fingerprint density at radius 2 is 2.24 bits per heavy atom. The second kappa shape index (κ2) is 6.64. The Morgan fingerprint density at radius 1 is 1.41 bits per heavy atom. The molecule has 17 heavy (non-hydrogen) atoms. The van der Waals surface area contributed by atoms with E-state index in [1.807, 2.05) is 24.1 Å². The van der Waals surface area contributed by atoms with Gasteiger partial charge in [0.15, 0.2) is 5.75 Å². The molecule has 1 N–H and O–H groups in total. The summed E-state index contributed by atoms with van der Waals surface area (Å²) in [5.74, 6) is 1.66. The minimum absolute atomic E-state index is 0.754. The van der Waals surface area contributed by atoms with Crippen LogP contribution in [-0.2, 0) is 6.54 Å². The molecule has 4 nitrogen and oxygen atoms in total. The molecule has 1 aromatic heterocycles. The molecule has 4 heteroatoms. The van der Waals surface area contributed by atoms with Gasteiger partial charge in [-0.25, -0.2) is 0 Å². The molecule has 1 aliphatic rings. The third-order valence-electron chi connectivity index (χ3n) is 3.41. The van der Waals surface area contributed by atoms with Gasteiger partial charge in [0.25, 0.3) is 0 Å². The van der Waals surface area contributed by atoms with Crippen molar-refractivity contribution in [1.29, 1.82) is 0 Å². The molecule has 1 saturated carbocycles. The standard InChI is InChI=1S/C13H23N3O/c1-14-7-8-16-10-13(9-15-16)17-11-12-5-3-2-4-6-12/h9-10,12,14H,2-8,11H2,1H3. The lowest BCUT2D eigenvalue weighted by Gasteiger charge is -2.21. The van der Waals surface area contributed by atoms with Crippen molar-refractivity contribution in [2.24, 2.45) is 5.92 Å². The van der Waals surface area contributed by atoms with Crippen LogP contribution < -0.4 is 10.1 Å². The fraction of sp³-hybridized carbons (Fsp3) is 0.769. The molecule has 1 aliphatic carbocycles. The fourth-order valence-electron chi connectivity index (χ4n) is 2.34. The Hall–Kier alpha value is -1.03. The maximum atomic E-state index is 5.80. The molecule has 0 radical (unpaired) electrons. The van der Waals surface area contributed by atoms with Crippen molar-refractivity contribution in [3.63, 3.8) is 0 Å². The molecule has 0 amide bonds. The monoisotopic (exact) mass is 237 g/mol. The number of likely N-dealkylation sites (N-methyl/N-ethyl adjacent to an activating group) is 1. The third-order valence-corrected chi connectivity index (χ3v) is 3.41. The molecule has 0 saturated heterocycles. The highest BCUT2D eigenvalue weighted by Crippen LogP contribution is 2.24. The van der Waals surface area contributed by atoms with E-state index in [9.17, 15) is 0 Å². The SMILES string of the molecule is CNCCn1cc(OCC2CCCCC2)cn1. The normalized spacial score (nSPS) is 17.2. The molecule has 0 unspecified atom stereocenters. The number of nitrogens with zero attached hydrogens (tertiary/aromatic N) is 2. The van der Waals surface area contributed by atoms with Crippen LogP contribution in [0.15, 0.2) is 12.4 Å². The number of hydrogen-bond donors (Lipinski definition) is 1. The lowest BCUT2D eigenvalue weighted by Crippen LogP contribution is -2.15. The van der Waals surface area contributed by atoms with E-state index in [1.54, 1.807) is 0 Å². The van der Waals surface area contributed by atoms with Gasteiger partial charge in [-0.3, -0.25) is 4.68 Å². The van der Waals surface area contributed by atoms with Crippen LogP contribution in [0.25, 0.3) is 0 Å². The first kappa shape index (κ1) is 12.4. The van der Waals surface area contributed by atoms with Gasteiger partial charge >= 0.3 is 0 Å². The van der Waals surface area contributed by atoms with Gasteiger partial charge in [-0.05, 0) is 25.8 Å². The zero-order chi connectivity index (χ0) is 11.9. The average molecular weight is 237 g/mol. The molecule has 96 valence electrons. The largest absolute Gasteiger partial charge is 0.490 e.